The highest BCUT2D eigenvalue weighted by Crippen LogP contribution is 2.41. The highest BCUT2D eigenvalue weighted by Gasteiger charge is 2.28. The summed E-state index contributed by atoms with van der Waals surface area (Å²) in [5.74, 6) is 0.613. The molecule has 0 spiro atoms. The molecule has 2 aromatic rings. The van der Waals surface area contributed by atoms with Crippen LogP contribution in [0.4, 0.5) is 0 Å². The van der Waals surface area contributed by atoms with Crippen molar-refractivity contribution in [2.45, 2.75) is 32.3 Å². The first-order valence-corrected chi connectivity index (χ1v) is 6.94. The number of rotatable bonds is 3. The number of aryl methyl sites for hydroxylation is 1. The monoisotopic (exact) mass is 306 g/mol. The molecule has 4 heteroatoms. The van der Waals surface area contributed by atoms with Gasteiger partial charge < -0.3 is 5.11 Å². The number of halogens is 1. The molecule has 1 heterocycles. The number of aliphatic hydroxyl groups excluding tert-OH is 1. The zero-order chi connectivity index (χ0) is 12.7. The van der Waals surface area contributed by atoms with Crippen LogP contribution in [0.5, 0.6) is 0 Å². The molecule has 1 fully saturated rings. The standard InChI is InChI=1S/C14H15BrN2O/c1-9-6-12(4-5-13(9)15)17-14(10-2-3-10)7-11(8-18)16-17/h4-7,10,18H,2-3,8H2,1H3. The molecule has 18 heavy (non-hydrogen) atoms. The van der Waals surface area contributed by atoms with E-state index in [1.54, 1.807) is 0 Å². The minimum Gasteiger partial charge on any atom is -0.390 e. The SMILES string of the molecule is Cc1cc(-n2nc(CO)cc2C2CC2)ccc1Br. The van der Waals surface area contributed by atoms with Crippen LogP contribution >= 0.6 is 15.9 Å². The molecule has 1 aromatic heterocycles. The smallest absolute Gasteiger partial charge is 0.0886 e. The first kappa shape index (κ1) is 11.9. The summed E-state index contributed by atoms with van der Waals surface area (Å²) in [6.07, 6.45) is 2.46. The predicted molar refractivity (Wildman–Crippen MR) is 73.9 cm³/mol. The van der Waals surface area contributed by atoms with Crippen molar-refractivity contribution in [3.8, 4) is 5.69 Å². The first-order valence-electron chi connectivity index (χ1n) is 6.15. The quantitative estimate of drug-likeness (QED) is 0.944. The second-order valence-corrected chi connectivity index (χ2v) is 5.69. The van der Waals surface area contributed by atoms with Crippen LogP contribution in [0.1, 0.15) is 35.7 Å². The molecule has 3 nitrogen and oxygen atoms in total. The van der Waals surface area contributed by atoms with Gasteiger partial charge in [0.05, 0.1) is 18.0 Å². The zero-order valence-electron chi connectivity index (χ0n) is 10.2. The van der Waals surface area contributed by atoms with Crippen molar-refractivity contribution in [1.82, 2.24) is 9.78 Å². The summed E-state index contributed by atoms with van der Waals surface area (Å²) in [6, 6.07) is 8.23. The van der Waals surface area contributed by atoms with Gasteiger partial charge in [0.1, 0.15) is 0 Å². The fourth-order valence-corrected chi connectivity index (χ4v) is 2.41. The lowest BCUT2D eigenvalue weighted by atomic mass is 10.2. The summed E-state index contributed by atoms with van der Waals surface area (Å²) in [6.45, 7) is 2.07. The van der Waals surface area contributed by atoms with Crippen LogP contribution in [0.3, 0.4) is 0 Å². The predicted octanol–water partition coefficient (Wildman–Crippen LogP) is 3.31. The lowest BCUT2D eigenvalue weighted by Gasteiger charge is -2.08. The van der Waals surface area contributed by atoms with Crippen molar-refractivity contribution >= 4 is 15.9 Å². The van der Waals surface area contributed by atoms with Crippen LogP contribution in [0.25, 0.3) is 5.69 Å². The number of nitrogens with zero attached hydrogens (tertiary/aromatic N) is 2. The molecule has 94 valence electrons. The Bertz CT molecular complexity index is 587. The summed E-state index contributed by atoms with van der Waals surface area (Å²) in [5.41, 5.74) is 4.23. The second-order valence-electron chi connectivity index (χ2n) is 4.84. The summed E-state index contributed by atoms with van der Waals surface area (Å²) >= 11 is 3.51. The van der Waals surface area contributed by atoms with E-state index in [1.165, 1.54) is 24.1 Å². The van der Waals surface area contributed by atoms with Gasteiger partial charge in [-0.15, -0.1) is 0 Å². The van der Waals surface area contributed by atoms with Crippen LogP contribution in [0, 0.1) is 6.92 Å². The van der Waals surface area contributed by atoms with Gasteiger partial charge in [0.2, 0.25) is 0 Å². The fraction of sp³-hybridized carbons (Fsp3) is 0.357. The Morgan fingerprint density at radius 1 is 1.39 bits per heavy atom. The third kappa shape index (κ3) is 2.10. The minimum atomic E-state index is 0.00221. The summed E-state index contributed by atoms with van der Waals surface area (Å²) in [7, 11) is 0. The number of benzene rings is 1. The van der Waals surface area contributed by atoms with Gasteiger partial charge in [0.25, 0.3) is 0 Å². The fourth-order valence-electron chi connectivity index (χ4n) is 2.16. The maximum atomic E-state index is 9.24. The van der Waals surface area contributed by atoms with E-state index in [0.717, 1.165) is 15.9 Å². The molecule has 0 unspecified atom stereocenters. The zero-order valence-corrected chi connectivity index (χ0v) is 11.8. The molecule has 0 atom stereocenters. The van der Waals surface area contributed by atoms with Crippen LogP contribution in [0.2, 0.25) is 0 Å². The van der Waals surface area contributed by atoms with Crippen molar-refractivity contribution in [2.75, 3.05) is 0 Å². The lowest BCUT2D eigenvalue weighted by Crippen LogP contribution is -2.02. The van der Waals surface area contributed by atoms with Gasteiger partial charge in [0.15, 0.2) is 0 Å². The molecule has 1 N–H and O–H groups in total. The number of aliphatic hydroxyl groups is 1. The van der Waals surface area contributed by atoms with Gasteiger partial charge in [-0.3, -0.25) is 0 Å². The first-order chi connectivity index (χ1) is 8.69. The van der Waals surface area contributed by atoms with Gasteiger partial charge in [-0.2, -0.15) is 5.10 Å². The summed E-state index contributed by atoms with van der Waals surface area (Å²) in [5, 5.41) is 13.7. The summed E-state index contributed by atoms with van der Waals surface area (Å²) < 4.78 is 3.08. The Morgan fingerprint density at radius 3 is 2.78 bits per heavy atom. The van der Waals surface area contributed by atoms with E-state index in [-0.39, 0.29) is 6.61 Å². The molecule has 0 aliphatic heterocycles. The Kier molecular flexibility index (Phi) is 2.99. The van der Waals surface area contributed by atoms with Crippen LogP contribution in [0.15, 0.2) is 28.7 Å². The Morgan fingerprint density at radius 2 is 2.17 bits per heavy atom. The van der Waals surface area contributed by atoms with E-state index in [1.807, 2.05) is 16.8 Å². The molecular weight excluding hydrogens is 292 g/mol. The van der Waals surface area contributed by atoms with Crippen LogP contribution in [-0.4, -0.2) is 14.9 Å². The van der Waals surface area contributed by atoms with Gasteiger partial charge in [-0.1, -0.05) is 15.9 Å². The van der Waals surface area contributed by atoms with E-state index in [4.69, 9.17) is 0 Å². The Balaban J connectivity index is 2.08. The third-order valence-electron chi connectivity index (χ3n) is 3.33. The summed E-state index contributed by atoms with van der Waals surface area (Å²) in [4.78, 5) is 0. The van der Waals surface area contributed by atoms with Gasteiger partial charge in [-0.25, -0.2) is 4.68 Å². The maximum absolute atomic E-state index is 9.24. The normalized spacial score (nSPS) is 15.1. The lowest BCUT2D eigenvalue weighted by molar-refractivity contribution is 0.276. The molecule has 0 bridgehead atoms. The van der Waals surface area contributed by atoms with Crippen LogP contribution in [-0.2, 0) is 6.61 Å². The molecular formula is C14H15BrN2O. The topological polar surface area (TPSA) is 38.0 Å². The molecule has 1 aliphatic rings. The van der Waals surface area contributed by atoms with E-state index >= 15 is 0 Å². The maximum Gasteiger partial charge on any atom is 0.0886 e. The highest BCUT2D eigenvalue weighted by atomic mass is 79.9. The Labute approximate surface area is 115 Å². The van der Waals surface area contributed by atoms with Crippen molar-refractivity contribution < 1.29 is 5.11 Å². The average Bonchev–Trinajstić information content (AvgIpc) is 3.12. The second kappa shape index (κ2) is 4.52. The third-order valence-corrected chi connectivity index (χ3v) is 4.22. The van der Waals surface area contributed by atoms with E-state index in [2.05, 4.69) is 40.1 Å². The van der Waals surface area contributed by atoms with Crippen molar-refractivity contribution in [1.29, 1.82) is 0 Å². The molecule has 1 aliphatic carbocycles. The molecule has 1 aromatic carbocycles. The van der Waals surface area contributed by atoms with Crippen LogP contribution < -0.4 is 0 Å². The van der Waals surface area contributed by atoms with Gasteiger partial charge in [0, 0.05) is 16.1 Å². The van der Waals surface area contributed by atoms with Crippen molar-refractivity contribution in [3.63, 3.8) is 0 Å². The van der Waals surface area contributed by atoms with E-state index in [0.29, 0.717) is 5.92 Å². The van der Waals surface area contributed by atoms with Crippen molar-refractivity contribution in [2.24, 2.45) is 0 Å². The average molecular weight is 307 g/mol. The molecule has 0 saturated heterocycles. The molecule has 1 saturated carbocycles. The highest BCUT2D eigenvalue weighted by molar-refractivity contribution is 9.10. The number of aromatic nitrogens is 2. The Hall–Kier alpha value is -1.13. The number of hydrogen-bond donors (Lipinski definition) is 1. The van der Waals surface area contributed by atoms with E-state index < -0.39 is 0 Å². The van der Waals surface area contributed by atoms with Gasteiger partial charge in [-0.05, 0) is 49.6 Å². The minimum absolute atomic E-state index is 0.00221. The molecule has 0 amide bonds. The van der Waals surface area contributed by atoms with Gasteiger partial charge >= 0.3 is 0 Å². The largest absolute Gasteiger partial charge is 0.390 e. The van der Waals surface area contributed by atoms with Crippen molar-refractivity contribution in [3.05, 3.63) is 45.7 Å². The van der Waals surface area contributed by atoms with E-state index in [9.17, 15) is 5.11 Å². The number of hydrogen-bond acceptors (Lipinski definition) is 2. The molecule has 3 rings (SSSR count). The molecule has 0 radical (unpaired) electrons.